The van der Waals surface area contributed by atoms with Gasteiger partial charge in [-0.25, -0.2) is 0 Å². The van der Waals surface area contributed by atoms with Gasteiger partial charge in [0, 0.05) is 25.8 Å². The number of hydrogen-bond donors (Lipinski definition) is 0. The third-order valence-electron chi connectivity index (χ3n) is 3.60. The molecule has 3 heteroatoms. The van der Waals surface area contributed by atoms with Crippen LogP contribution in [0.25, 0.3) is 23.3 Å². The highest BCUT2D eigenvalue weighted by atomic mass is 16.3. The standard InChI is InChI=1S/C18H19N2O/c1-19(2)15-9-5-4-8-14(15)12-13-18-20(3)16-10-6-7-11-17(16)21-18/h4-13H,1-3H3/q+1. The van der Waals surface area contributed by atoms with Crippen molar-refractivity contribution >= 4 is 28.9 Å². The lowest BCUT2D eigenvalue weighted by molar-refractivity contribution is -0.651. The zero-order chi connectivity index (χ0) is 14.8. The maximum absolute atomic E-state index is 5.88. The number of hydrogen-bond acceptors (Lipinski definition) is 2. The average molecular weight is 279 g/mol. The van der Waals surface area contributed by atoms with Crippen molar-refractivity contribution in [2.24, 2.45) is 7.05 Å². The van der Waals surface area contributed by atoms with Gasteiger partial charge >= 0.3 is 5.89 Å². The number of fused-ring (bicyclic) bond motifs is 1. The predicted molar refractivity (Wildman–Crippen MR) is 87.1 cm³/mol. The van der Waals surface area contributed by atoms with E-state index in [1.54, 1.807) is 0 Å². The van der Waals surface area contributed by atoms with Crippen molar-refractivity contribution in [3.8, 4) is 0 Å². The summed E-state index contributed by atoms with van der Waals surface area (Å²) >= 11 is 0. The molecule has 0 radical (unpaired) electrons. The van der Waals surface area contributed by atoms with Gasteiger partial charge < -0.3 is 9.32 Å². The first-order valence-electron chi connectivity index (χ1n) is 6.99. The Hall–Kier alpha value is -2.55. The molecule has 0 N–H and O–H groups in total. The van der Waals surface area contributed by atoms with Crippen molar-refractivity contribution in [2.45, 2.75) is 0 Å². The molecule has 0 saturated heterocycles. The highest BCUT2D eigenvalue weighted by Crippen LogP contribution is 2.21. The van der Waals surface area contributed by atoms with E-state index in [0.717, 1.165) is 17.0 Å². The van der Waals surface area contributed by atoms with Gasteiger partial charge in [0.25, 0.3) is 5.52 Å². The van der Waals surface area contributed by atoms with Gasteiger partial charge in [-0.05, 0) is 23.8 Å². The second-order valence-electron chi connectivity index (χ2n) is 5.25. The summed E-state index contributed by atoms with van der Waals surface area (Å²) in [6, 6.07) is 16.4. The summed E-state index contributed by atoms with van der Waals surface area (Å²) in [4.78, 5) is 2.11. The Kier molecular flexibility index (Phi) is 3.48. The molecular weight excluding hydrogens is 260 g/mol. The van der Waals surface area contributed by atoms with Gasteiger partial charge in [-0.1, -0.05) is 30.3 Å². The Labute approximate surface area is 124 Å². The molecule has 1 aromatic heterocycles. The molecule has 3 rings (SSSR count). The van der Waals surface area contributed by atoms with E-state index in [1.807, 2.05) is 57.6 Å². The molecule has 2 aromatic carbocycles. The van der Waals surface area contributed by atoms with E-state index in [-0.39, 0.29) is 0 Å². The van der Waals surface area contributed by atoms with E-state index in [4.69, 9.17) is 4.42 Å². The topological polar surface area (TPSA) is 20.3 Å². The van der Waals surface area contributed by atoms with Crippen LogP contribution >= 0.6 is 0 Å². The third-order valence-corrected chi connectivity index (χ3v) is 3.60. The monoisotopic (exact) mass is 279 g/mol. The Morgan fingerprint density at radius 2 is 1.67 bits per heavy atom. The largest absolute Gasteiger partial charge is 0.398 e. The molecule has 0 unspecified atom stereocenters. The average Bonchev–Trinajstić information content (AvgIpc) is 2.82. The smallest absolute Gasteiger partial charge is 0.373 e. The summed E-state index contributed by atoms with van der Waals surface area (Å²) in [6.07, 6.45) is 4.11. The summed E-state index contributed by atoms with van der Waals surface area (Å²) in [6.45, 7) is 0. The second-order valence-corrected chi connectivity index (χ2v) is 5.25. The lowest BCUT2D eigenvalue weighted by atomic mass is 10.1. The predicted octanol–water partition coefficient (Wildman–Crippen LogP) is 3.49. The molecule has 3 nitrogen and oxygen atoms in total. The van der Waals surface area contributed by atoms with Crippen LogP contribution in [0.5, 0.6) is 0 Å². The first kappa shape index (κ1) is 13.4. The van der Waals surface area contributed by atoms with Gasteiger partial charge in [0.1, 0.15) is 7.05 Å². The number of para-hydroxylation sites is 3. The Morgan fingerprint density at radius 3 is 2.43 bits per heavy atom. The fraction of sp³-hybridized carbons (Fsp3) is 0.167. The molecular formula is C18H19N2O+. The van der Waals surface area contributed by atoms with Gasteiger partial charge in [-0.3, -0.25) is 0 Å². The molecule has 0 aliphatic heterocycles. The van der Waals surface area contributed by atoms with Crippen LogP contribution in [-0.2, 0) is 7.05 Å². The molecule has 0 saturated carbocycles. The number of nitrogens with zero attached hydrogens (tertiary/aromatic N) is 2. The number of aromatic nitrogens is 1. The van der Waals surface area contributed by atoms with Crippen molar-refractivity contribution in [3.63, 3.8) is 0 Å². The Balaban J connectivity index is 2.01. The first-order valence-corrected chi connectivity index (χ1v) is 6.99. The summed E-state index contributed by atoms with van der Waals surface area (Å²) in [5, 5.41) is 0. The van der Waals surface area contributed by atoms with E-state index < -0.39 is 0 Å². The van der Waals surface area contributed by atoms with Gasteiger partial charge in [0.2, 0.25) is 5.58 Å². The Bertz CT molecular complexity index is 800. The third kappa shape index (κ3) is 2.55. The molecule has 0 fully saturated rings. The number of rotatable bonds is 3. The lowest BCUT2D eigenvalue weighted by Crippen LogP contribution is -2.29. The van der Waals surface area contributed by atoms with Gasteiger partial charge in [0.05, 0.1) is 6.08 Å². The van der Waals surface area contributed by atoms with Gasteiger partial charge in [-0.15, -0.1) is 0 Å². The van der Waals surface area contributed by atoms with Gasteiger partial charge in [-0.2, -0.15) is 4.57 Å². The highest BCUT2D eigenvalue weighted by Gasteiger charge is 2.15. The number of aryl methyl sites for hydroxylation is 1. The molecule has 0 aliphatic rings. The van der Waals surface area contributed by atoms with Crippen LogP contribution in [0.4, 0.5) is 5.69 Å². The summed E-state index contributed by atoms with van der Waals surface area (Å²) < 4.78 is 7.94. The van der Waals surface area contributed by atoms with Crippen molar-refractivity contribution in [2.75, 3.05) is 19.0 Å². The summed E-state index contributed by atoms with van der Waals surface area (Å²) in [5.74, 6) is 0.838. The maximum Gasteiger partial charge on any atom is 0.373 e. The normalized spacial score (nSPS) is 11.4. The van der Waals surface area contributed by atoms with E-state index in [0.29, 0.717) is 0 Å². The van der Waals surface area contributed by atoms with Crippen LogP contribution in [0.3, 0.4) is 0 Å². The minimum atomic E-state index is 0.838. The first-order chi connectivity index (χ1) is 10.2. The van der Waals surface area contributed by atoms with Crippen LogP contribution in [-0.4, -0.2) is 14.1 Å². The van der Waals surface area contributed by atoms with Gasteiger partial charge in [0.15, 0.2) is 0 Å². The van der Waals surface area contributed by atoms with Crippen molar-refractivity contribution in [1.29, 1.82) is 0 Å². The second kappa shape index (κ2) is 5.44. The molecule has 1 heterocycles. The van der Waals surface area contributed by atoms with E-state index in [1.165, 1.54) is 11.3 Å². The minimum absolute atomic E-state index is 0.838. The quantitative estimate of drug-likeness (QED) is 0.684. The van der Waals surface area contributed by atoms with Crippen LogP contribution in [0, 0.1) is 0 Å². The Morgan fingerprint density at radius 1 is 0.952 bits per heavy atom. The summed E-state index contributed by atoms with van der Waals surface area (Å²) in [7, 11) is 6.12. The SMILES string of the molecule is CN(C)c1ccccc1/C=C/c1oc2ccccc2[n+]1C. The van der Waals surface area contributed by atoms with E-state index >= 15 is 0 Å². The molecule has 3 aromatic rings. The fourth-order valence-corrected chi connectivity index (χ4v) is 2.46. The maximum atomic E-state index is 5.88. The fourth-order valence-electron chi connectivity index (χ4n) is 2.46. The molecule has 0 spiro atoms. The van der Waals surface area contributed by atoms with Crippen molar-refractivity contribution < 1.29 is 8.98 Å². The number of anilines is 1. The van der Waals surface area contributed by atoms with Crippen LogP contribution in [0.2, 0.25) is 0 Å². The molecule has 0 amide bonds. The minimum Gasteiger partial charge on any atom is -0.398 e. The molecule has 0 aliphatic carbocycles. The van der Waals surface area contributed by atoms with Crippen LogP contribution in [0.1, 0.15) is 11.5 Å². The molecule has 0 bridgehead atoms. The van der Waals surface area contributed by atoms with Crippen LogP contribution in [0.15, 0.2) is 52.9 Å². The van der Waals surface area contributed by atoms with Crippen LogP contribution < -0.4 is 9.47 Å². The lowest BCUT2D eigenvalue weighted by Gasteiger charge is -2.14. The molecule has 0 atom stereocenters. The van der Waals surface area contributed by atoms with Crippen molar-refractivity contribution in [3.05, 3.63) is 60.0 Å². The zero-order valence-electron chi connectivity index (χ0n) is 12.6. The number of benzene rings is 2. The van der Waals surface area contributed by atoms with E-state index in [2.05, 4.69) is 33.7 Å². The van der Waals surface area contributed by atoms with Crippen molar-refractivity contribution in [1.82, 2.24) is 0 Å². The molecule has 106 valence electrons. The zero-order valence-corrected chi connectivity index (χ0v) is 12.6. The van der Waals surface area contributed by atoms with E-state index in [9.17, 15) is 0 Å². The molecule has 21 heavy (non-hydrogen) atoms. The highest BCUT2D eigenvalue weighted by molar-refractivity contribution is 5.76. The summed E-state index contributed by atoms with van der Waals surface area (Å²) in [5.41, 5.74) is 4.36. The number of oxazole rings is 1.